The molecular weight excluding hydrogens is 304 g/mol. The number of carbonyl (C=O) groups excluding carboxylic acids is 1. The Hall–Kier alpha value is -2.75. The second-order valence-corrected chi connectivity index (χ2v) is 6.23. The van der Waals surface area contributed by atoms with Crippen LogP contribution in [0.25, 0.3) is 0 Å². The number of phenols is 2. The summed E-state index contributed by atoms with van der Waals surface area (Å²) in [6.45, 7) is 3.92. The van der Waals surface area contributed by atoms with Gasteiger partial charge in [-0.2, -0.15) is 0 Å². The number of rotatable bonds is 3. The highest BCUT2D eigenvalue weighted by Gasteiger charge is 2.33. The number of benzene rings is 2. The molecule has 0 fully saturated rings. The molecule has 2 aromatic carbocycles. The van der Waals surface area contributed by atoms with E-state index in [0.717, 1.165) is 11.1 Å². The van der Waals surface area contributed by atoms with Gasteiger partial charge in [0.2, 0.25) is 0 Å². The Bertz CT molecular complexity index is 802. The van der Waals surface area contributed by atoms with Gasteiger partial charge in [-0.05, 0) is 25.8 Å². The average molecular weight is 324 g/mol. The molecule has 0 amide bonds. The minimum absolute atomic E-state index is 0.0646. The summed E-state index contributed by atoms with van der Waals surface area (Å²) in [4.78, 5) is 12.6. The molecule has 2 N–H and O–H groups in total. The van der Waals surface area contributed by atoms with E-state index in [1.807, 2.05) is 50.3 Å². The van der Waals surface area contributed by atoms with Crippen LogP contribution in [-0.2, 0) is 6.42 Å². The molecule has 4 nitrogen and oxygen atoms in total. The van der Waals surface area contributed by atoms with Crippen LogP contribution in [0.4, 0.5) is 0 Å². The lowest BCUT2D eigenvalue weighted by molar-refractivity contribution is 0.0842. The van der Waals surface area contributed by atoms with Gasteiger partial charge in [-0.15, -0.1) is 0 Å². The summed E-state index contributed by atoms with van der Waals surface area (Å²) in [5.41, 5.74) is 2.68. The highest BCUT2D eigenvalue weighted by atomic mass is 16.5. The third kappa shape index (κ3) is 3.00. The van der Waals surface area contributed by atoms with Gasteiger partial charge in [0.25, 0.3) is 0 Å². The Balaban J connectivity index is 2.08. The minimum atomic E-state index is -0.419. The monoisotopic (exact) mass is 324 g/mol. The fourth-order valence-corrected chi connectivity index (χ4v) is 2.88. The van der Waals surface area contributed by atoms with Gasteiger partial charge in [-0.25, -0.2) is 0 Å². The van der Waals surface area contributed by atoms with Gasteiger partial charge in [0, 0.05) is 11.6 Å². The lowest BCUT2D eigenvalue weighted by atomic mass is 9.92. The molecule has 0 radical (unpaired) electrons. The van der Waals surface area contributed by atoms with Crippen molar-refractivity contribution in [3.63, 3.8) is 0 Å². The van der Waals surface area contributed by atoms with Crippen LogP contribution >= 0.6 is 0 Å². The van der Waals surface area contributed by atoms with Gasteiger partial charge >= 0.3 is 0 Å². The smallest absolute Gasteiger partial charge is 0.174 e. The normalized spacial score (nSPS) is 16.2. The number of hydrogen-bond donors (Lipinski definition) is 2. The van der Waals surface area contributed by atoms with Gasteiger partial charge in [0.1, 0.15) is 28.9 Å². The lowest BCUT2D eigenvalue weighted by Crippen LogP contribution is -2.21. The second kappa shape index (κ2) is 6.40. The fraction of sp³-hybridized carbons (Fsp3) is 0.250. The molecule has 1 heterocycles. The third-order valence-corrected chi connectivity index (χ3v) is 4.14. The van der Waals surface area contributed by atoms with Crippen molar-refractivity contribution in [2.75, 3.05) is 0 Å². The maximum absolute atomic E-state index is 12.6. The Morgan fingerprint density at radius 3 is 2.58 bits per heavy atom. The molecule has 1 aliphatic rings. The number of carbonyl (C=O) groups is 1. The fourth-order valence-electron chi connectivity index (χ4n) is 2.88. The maximum Gasteiger partial charge on any atom is 0.174 e. The first-order chi connectivity index (χ1) is 11.5. The van der Waals surface area contributed by atoms with Crippen LogP contribution in [0.3, 0.4) is 0 Å². The summed E-state index contributed by atoms with van der Waals surface area (Å²) in [6.07, 6.45) is 2.13. The van der Waals surface area contributed by atoms with Crippen molar-refractivity contribution in [1.82, 2.24) is 0 Å². The van der Waals surface area contributed by atoms with E-state index in [0.29, 0.717) is 12.0 Å². The van der Waals surface area contributed by atoms with E-state index in [1.54, 1.807) is 0 Å². The van der Waals surface area contributed by atoms with E-state index in [4.69, 9.17) is 4.74 Å². The second-order valence-electron chi connectivity index (χ2n) is 6.23. The first-order valence-corrected chi connectivity index (χ1v) is 7.93. The Morgan fingerprint density at radius 2 is 1.92 bits per heavy atom. The quantitative estimate of drug-likeness (QED) is 0.826. The maximum atomic E-state index is 12.6. The van der Waals surface area contributed by atoms with Crippen LogP contribution < -0.4 is 4.74 Å². The molecule has 124 valence electrons. The Morgan fingerprint density at radius 1 is 1.21 bits per heavy atom. The van der Waals surface area contributed by atoms with Gasteiger partial charge < -0.3 is 14.9 Å². The van der Waals surface area contributed by atoms with Crippen LogP contribution in [0.15, 0.2) is 48.0 Å². The van der Waals surface area contributed by atoms with Crippen LogP contribution in [0.2, 0.25) is 0 Å². The summed E-state index contributed by atoms with van der Waals surface area (Å²) in [6, 6.07) is 10.7. The molecule has 3 rings (SSSR count). The predicted molar refractivity (Wildman–Crippen MR) is 91.7 cm³/mol. The predicted octanol–water partition coefficient (Wildman–Crippen LogP) is 4.31. The summed E-state index contributed by atoms with van der Waals surface area (Å²) >= 11 is 0. The number of Topliss-reactive ketones (excluding diaryl/α,β-unsaturated/α-hetero) is 1. The molecule has 0 aromatic heterocycles. The zero-order valence-corrected chi connectivity index (χ0v) is 13.7. The van der Waals surface area contributed by atoms with Gasteiger partial charge in [0.15, 0.2) is 5.78 Å². The topological polar surface area (TPSA) is 66.8 Å². The molecule has 24 heavy (non-hydrogen) atoms. The van der Waals surface area contributed by atoms with E-state index < -0.39 is 6.10 Å². The number of aromatic hydroxyl groups is 2. The summed E-state index contributed by atoms with van der Waals surface area (Å²) < 4.78 is 6.04. The van der Waals surface area contributed by atoms with E-state index >= 15 is 0 Å². The first-order valence-electron chi connectivity index (χ1n) is 7.93. The number of fused-ring (bicyclic) bond motifs is 1. The van der Waals surface area contributed by atoms with Crippen molar-refractivity contribution in [1.29, 1.82) is 0 Å². The highest BCUT2D eigenvalue weighted by molar-refractivity contribution is 6.03. The molecule has 4 heteroatoms. The number of hydrogen-bond acceptors (Lipinski definition) is 4. The van der Waals surface area contributed by atoms with Crippen molar-refractivity contribution in [2.24, 2.45) is 0 Å². The average Bonchev–Trinajstić information content (AvgIpc) is 2.54. The van der Waals surface area contributed by atoms with Gasteiger partial charge in [-0.1, -0.05) is 42.0 Å². The van der Waals surface area contributed by atoms with Crippen LogP contribution in [-0.4, -0.2) is 16.0 Å². The molecule has 0 unspecified atom stereocenters. The standard InChI is InChI=1S/C20H20O4/c1-12(2)8-9-14-15(21)10-16(22)19-17(23)11-18(24-20(14)19)13-6-4-3-5-7-13/h3-8,10,18,21-22H,9,11H2,1-2H3/t18-/m1/s1. The molecule has 0 aliphatic carbocycles. The van der Waals surface area contributed by atoms with Crippen molar-refractivity contribution < 1.29 is 19.7 Å². The van der Waals surface area contributed by atoms with Gasteiger partial charge in [0.05, 0.1) is 6.42 Å². The van der Waals surface area contributed by atoms with E-state index in [-0.39, 0.29) is 35.0 Å². The zero-order valence-electron chi connectivity index (χ0n) is 13.7. The number of ketones is 1. The lowest BCUT2D eigenvalue weighted by Gasteiger charge is -2.28. The molecule has 0 spiro atoms. The van der Waals surface area contributed by atoms with E-state index in [9.17, 15) is 15.0 Å². The highest BCUT2D eigenvalue weighted by Crippen LogP contribution is 2.45. The number of allylic oxidation sites excluding steroid dienone is 2. The Labute approximate surface area is 141 Å². The summed E-state index contributed by atoms with van der Waals surface area (Å²) in [5, 5.41) is 20.3. The number of phenolic OH excluding ortho intramolecular Hbond substituents is 2. The largest absolute Gasteiger partial charge is 0.507 e. The molecular formula is C20H20O4. The van der Waals surface area contributed by atoms with Crippen LogP contribution in [0, 0.1) is 0 Å². The SMILES string of the molecule is CC(C)=CCc1c(O)cc(O)c2c1O[C@@H](c1ccccc1)CC2=O. The minimum Gasteiger partial charge on any atom is -0.507 e. The van der Waals surface area contributed by atoms with Crippen LogP contribution in [0.1, 0.15) is 47.9 Å². The van der Waals surface area contributed by atoms with E-state index in [1.165, 1.54) is 6.07 Å². The Kier molecular flexibility index (Phi) is 4.30. The molecule has 0 saturated heterocycles. The summed E-state index contributed by atoms with van der Waals surface area (Å²) in [7, 11) is 0. The van der Waals surface area contributed by atoms with Crippen molar-refractivity contribution in [3.05, 3.63) is 64.7 Å². The molecule has 0 saturated carbocycles. The molecule has 1 aliphatic heterocycles. The zero-order chi connectivity index (χ0) is 17.3. The van der Waals surface area contributed by atoms with Crippen molar-refractivity contribution in [2.45, 2.75) is 32.8 Å². The van der Waals surface area contributed by atoms with Crippen molar-refractivity contribution >= 4 is 5.78 Å². The molecule has 1 atom stereocenters. The summed E-state index contributed by atoms with van der Waals surface area (Å²) in [5.74, 6) is -0.193. The third-order valence-electron chi connectivity index (χ3n) is 4.14. The molecule has 0 bridgehead atoms. The molecule has 2 aromatic rings. The van der Waals surface area contributed by atoms with E-state index in [2.05, 4.69) is 0 Å². The number of ether oxygens (including phenoxy) is 1. The van der Waals surface area contributed by atoms with Crippen LogP contribution in [0.5, 0.6) is 17.2 Å². The first kappa shape index (κ1) is 16.1. The van der Waals surface area contributed by atoms with Crippen molar-refractivity contribution in [3.8, 4) is 17.2 Å². The van der Waals surface area contributed by atoms with Gasteiger partial charge in [-0.3, -0.25) is 4.79 Å².